The van der Waals surface area contributed by atoms with Crippen molar-refractivity contribution in [2.24, 2.45) is 0 Å². The molecule has 20 heavy (non-hydrogen) atoms. The Balaban J connectivity index is 1.84. The molecule has 0 atom stereocenters. The van der Waals surface area contributed by atoms with Crippen LogP contribution in [-0.4, -0.2) is 6.03 Å². The van der Waals surface area contributed by atoms with Crippen molar-refractivity contribution in [3.8, 4) is 0 Å². The Morgan fingerprint density at radius 3 is 2.35 bits per heavy atom. The summed E-state index contributed by atoms with van der Waals surface area (Å²) in [5.74, 6) is 0.508. The molecule has 1 aromatic carbocycles. The number of allylic oxidation sites excluding steroid dienone is 1. The number of urea groups is 1. The smallest absolute Gasteiger partial charge is 0.314 e. The van der Waals surface area contributed by atoms with Gasteiger partial charge in [0.1, 0.15) is 0 Å². The van der Waals surface area contributed by atoms with Crippen LogP contribution in [0.3, 0.4) is 0 Å². The molecule has 108 valence electrons. The lowest BCUT2D eigenvalue weighted by Gasteiger charge is -2.13. The standard InChI is InChI=1S/C17H24N2O/c1-13(2)15-8-10-16(11-9-15)19-17(20)18-12-14-6-4-3-5-7-14/h8-13H,3-7H2,1-2H3,(H2,18,19,20). The Labute approximate surface area is 121 Å². The first-order chi connectivity index (χ1) is 9.65. The van der Waals surface area contributed by atoms with E-state index in [9.17, 15) is 4.79 Å². The van der Waals surface area contributed by atoms with Crippen LogP contribution in [0.15, 0.2) is 36.0 Å². The van der Waals surface area contributed by atoms with Gasteiger partial charge < -0.3 is 10.6 Å². The molecule has 3 heteroatoms. The van der Waals surface area contributed by atoms with Crippen molar-refractivity contribution >= 4 is 11.7 Å². The van der Waals surface area contributed by atoms with E-state index in [2.05, 4.69) is 36.6 Å². The number of rotatable bonds is 3. The molecule has 0 aliphatic heterocycles. The van der Waals surface area contributed by atoms with Crippen LogP contribution in [0.5, 0.6) is 0 Å². The lowest BCUT2D eigenvalue weighted by atomic mass is 9.96. The number of hydrogen-bond acceptors (Lipinski definition) is 1. The fraction of sp³-hybridized carbons (Fsp3) is 0.471. The van der Waals surface area contributed by atoms with Crippen LogP contribution in [0.4, 0.5) is 10.5 Å². The monoisotopic (exact) mass is 272 g/mol. The summed E-state index contributed by atoms with van der Waals surface area (Å²) < 4.78 is 0. The SMILES string of the molecule is CC(C)c1ccc(NC(=O)NC=C2CCCCC2)cc1. The average molecular weight is 272 g/mol. The van der Waals surface area contributed by atoms with E-state index in [1.165, 1.54) is 30.4 Å². The van der Waals surface area contributed by atoms with Crippen LogP contribution in [0.2, 0.25) is 0 Å². The number of amides is 2. The summed E-state index contributed by atoms with van der Waals surface area (Å²) >= 11 is 0. The third-order valence-corrected chi connectivity index (χ3v) is 3.74. The molecule has 2 amide bonds. The van der Waals surface area contributed by atoms with E-state index in [1.54, 1.807) is 0 Å². The number of nitrogens with one attached hydrogen (secondary N) is 2. The Hall–Kier alpha value is -1.77. The molecule has 0 aromatic heterocycles. The summed E-state index contributed by atoms with van der Waals surface area (Å²) in [7, 11) is 0. The van der Waals surface area contributed by atoms with Gasteiger partial charge in [-0.15, -0.1) is 0 Å². The van der Waals surface area contributed by atoms with Gasteiger partial charge in [0.25, 0.3) is 0 Å². The lowest BCUT2D eigenvalue weighted by Crippen LogP contribution is -2.24. The van der Waals surface area contributed by atoms with E-state index in [0.29, 0.717) is 5.92 Å². The van der Waals surface area contributed by atoms with Gasteiger partial charge in [-0.05, 0) is 49.3 Å². The van der Waals surface area contributed by atoms with E-state index in [0.717, 1.165) is 18.5 Å². The highest BCUT2D eigenvalue weighted by Crippen LogP contribution is 2.22. The molecule has 1 aliphatic carbocycles. The summed E-state index contributed by atoms with van der Waals surface area (Å²) in [6, 6.07) is 7.84. The van der Waals surface area contributed by atoms with Gasteiger partial charge in [-0.25, -0.2) is 4.79 Å². The summed E-state index contributed by atoms with van der Waals surface area (Å²) in [6.45, 7) is 4.32. The fourth-order valence-electron chi connectivity index (χ4n) is 2.44. The maximum atomic E-state index is 11.8. The molecule has 3 nitrogen and oxygen atoms in total. The zero-order valence-electron chi connectivity index (χ0n) is 12.4. The first kappa shape index (κ1) is 14.6. The summed E-state index contributed by atoms with van der Waals surface area (Å²) in [4.78, 5) is 11.8. The van der Waals surface area contributed by atoms with Gasteiger partial charge in [-0.2, -0.15) is 0 Å². The highest BCUT2D eigenvalue weighted by Gasteiger charge is 2.06. The molecule has 2 rings (SSSR count). The van der Waals surface area contributed by atoms with Crippen molar-refractivity contribution in [2.45, 2.75) is 51.9 Å². The molecule has 0 unspecified atom stereocenters. The van der Waals surface area contributed by atoms with Gasteiger partial charge in [0.05, 0.1) is 0 Å². The van der Waals surface area contributed by atoms with Crippen molar-refractivity contribution in [2.75, 3.05) is 5.32 Å². The largest absolute Gasteiger partial charge is 0.323 e. The molecule has 1 fully saturated rings. The molecule has 1 aliphatic rings. The van der Waals surface area contributed by atoms with Gasteiger partial charge in [-0.3, -0.25) is 0 Å². The number of carbonyl (C=O) groups is 1. The number of anilines is 1. The molecule has 2 N–H and O–H groups in total. The van der Waals surface area contributed by atoms with E-state index >= 15 is 0 Å². The molecule has 1 saturated carbocycles. The molecule has 1 aromatic rings. The van der Waals surface area contributed by atoms with Crippen LogP contribution in [0.25, 0.3) is 0 Å². The second-order valence-electron chi connectivity index (χ2n) is 5.74. The molecule has 0 spiro atoms. The van der Waals surface area contributed by atoms with Gasteiger partial charge in [-0.1, -0.05) is 38.0 Å². The molecule has 0 heterocycles. The highest BCUT2D eigenvalue weighted by molar-refractivity contribution is 5.89. The Morgan fingerprint density at radius 1 is 1.10 bits per heavy atom. The van der Waals surface area contributed by atoms with Gasteiger partial charge in [0.2, 0.25) is 0 Å². The van der Waals surface area contributed by atoms with Crippen molar-refractivity contribution in [1.29, 1.82) is 0 Å². The number of benzene rings is 1. The second-order valence-corrected chi connectivity index (χ2v) is 5.74. The van der Waals surface area contributed by atoms with Crippen LogP contribution < -0.4 is 10.6 Å². The van der Waals surface area contributed by atoms with E-state index < -0.39 is 0 Å². The average Bonchev–Trinajstić information content (AvgIpc) is 2.47. The van der Waals surface area contributed by atoms with Crippen molar-refractivity contribution in [1.82, 2.24) is 5.32 Å². The normalized spacial score (nSPS) is 15.1. The summed E-state index contributed by atoms with van der Waals surface area (Å²) in [5.41, 5.74) is 3.45. The Bertz CT molecular complexity index is 466. The predicted octanol–water partition coefficient (Wildman–Crippen LogP) is 4.78. The minimum Gasteiger partial charge on any atom is -0.314 e. The number of hydrogen-bond donors (Lipinski definition) is 2. The lowest BCUT2D eigenvalue weighted by molar-refractivity contribution is 0.255. The second kappa shape index (κ2) is 7.13. The van der Waals surface area contributed by atoms with Crippen molar-refractivity contribution < 1.29 is 4.79 Å². The maximum absolute atomic E-state index is 11.8. The van der Waals surface area contributed by atoms with Crippen LogP contribution >= 0.6 is 0 Å². The van der Waals surface area contributed by atoms with Crippen molar-refractivity contribution in [3.05, 3.63) is 41.6 Å². The van der Waals surface area contributed by atoms with Gasteiger partial charge >= 0.3 is 6.03 Å². The third-order valence-electron chi connectivity index (χ3n) is 3.74. The Kier molecular flexibility index (Phi) is 5.22. The van der Waals surface area contributed by atoms with Crippen LogP contribution in [-0.2, 0) is 0 Å². The van der Waals surface area contributed by atoms with E-state index in [-0.39, 0.29) is 6.03 Å². The molecular weight excluding hydrogens is 248 g/mol. The zero-order chi connectivity index (χ0) is 14.4. The maximum Gasteiger partial charge on any atom is 0.323 e. The van der Waals surface area contributed by atoms with Crippen LogP contribution in [0, 0.1) is 0 Å². The van der Waals surface area contributed by atoms with E-state index in [4.69, 9.17) is 0 Å². The molecule has 0 bridgehead atoms. The Morgan fingerprint density at radius 2 is 1.75 bits per heavy atom. The van der Waals surface area contributed by atoms with Gasteiger partial charge in [0, 0.05) is 11.9 Å². The minimum absolute atomic E-state index is 0.166. The summed E-state index contributed by atoms with van der Waals surface area (Å²) in [6.07, 6.45) is 7.90. The molecular formula is C17H24N2O. The quantitative estimate of drug-likeness (QED) is 0.817. The van der Waals surface area contributed by atoms with Crippen LogP contribution in [0.1, 0.15) is 57.4 Å². The summed E-state index contributed by atoms with van der Waals surface area (Å²) in [5, 5.41) is 5.68. The molecule has 0 radical (unpaired) electrons. The highest BCUT2D eigenvalue weighted by atomic mass is 16.2. The minimum atomic E-state index is -0.166. The first-order valence-electron chi connectivity index (χ1n) is 7.50. The topological polar surface area (TPSA) is 41.1 Å². The van der Waals surface area contributed by atoms with E-state index in [1.807, 2.05) is 18.3 Å². The number of carbonyl (C=O) groups excluding carboxylic acids is 1. The third kappa shape index (κ3) is 4.41. The zero-order valence-corrected chi connectivity index (χ0v) is 12.4. The first-order valence-corrected chi connectivity index (χ1v) is 7.50. The fourth-order valence-corrected chi connectivity index (χ4v) is 2.44. The predicted molar refractivity (Wildman–Crippen MR) is 83.9 cm³/mol. The van der Waals surface area contributed by atoms with Gasteiger partial charge in [0.15, 0.2) is 0 Å². The molecule has 0 saturated heterocycles. The van der Waals surface area contributed by atoms with Crippen molar-refractivity contribution in [3.63, 3.8) is 0 Å².